The SMILES string of the molecule is Cc1c2cc[n+](C)cc2c(C)c2c1[nH]c1ccc(O[C@@H]3OC[C@H](O)[C@H](O)[C@H]3O)cc12. The second kappa shape index (κ2) is 6.92. The molecule has 3 heterocycles. The maximum Gasteiger partial charge on any atom is 0.228 e. The summed E-state index contributed by atoms with van der Waals surface area (Å²) in [4.78, 5) is 3.53. The third-order valence-electron chi connectivity index (χ3n) is 6.13. The van der Waals surface area contributed by atoms with Crippen molar-refractivity contribution >= 4 is 32.6 Å². The lowest BCUT2D eigenvalue weighted by Crippen LogP contribution is -2.54. The molecule has 0 unspecified atom stereocenters. The summed E-state index contributed by atoms with van der Waals surface area (Å²) in [5.41, 5.74) is 4.45. The number of aliphatic hydroxyl groups is 3. The van der Waals surface area contributed by atoms with Crippen molar-refractivity contribution in [2.45, 2.75) is 38.4 Å². The van der Waals surface area contributed by atoms with Gasteiger partial charge in [-0.05, 0) is 48.6 Å². The Morgan fingerprint density at radius 3 is 2.63 bits per heavy atom. The lowest BCUT2D eigenvalue weighted by molar-refractivity contribution is -0.670. The number of aliphatic hydroxyl groups excluding tert-OH is 3. The van der Waals surface area contributed by atoms with Crippen LogP contribution in [0.15, 0.2) is 36.7 Å². The molecule has 2 aromatic carbocycles. The number of aromatic amines is 1. The summed E-state index contributed by atoms with van der Waals surface area (Å²) >= 11 is 0. The van der Waals surface area contributed by atoms with Crippen molar-refractivity contribution in [3.63, 3.8) is 0 Å². The summed E-state index contributed by atoms with van der Waals surface area (Å²) in [6.07, 6.45) is -0.631. The van der Waals surface area contributed by atoms with Crippen LogP contribution < -0.4 is 9.30 Å². The summed E-state index contributed by atoms with van der Waals surface area (Å²) in [5.74, 6) is 0.520. The fourth-order valence-corrected chi connectivity index (χ4v) is 4.43. The molecular formula is C23H25N2O5+. The van der Waals surface area contributed by atoms with Gasteiger partial charge in [-0.1, -0.05) is 0 Å². The lowest BCUT2D eigenvalue weighted by Gasteiger charge is -2.34. The highest BCUT2D eigenvalue weighted by Crippen LogP contribution is 2.37. The molecule has 4 N–H and O–H groups in total. The van der Waals surface area contributed by atoms with Crippen molar-refractivity contribution in [2.24, 2.45) is 7.05 Å². The molecular weight excluding hydrogens is 384 g/mol. The Morgan fingerprint density at radius 2 is 1.83 bits per heavy atom. The molecule has 0 amide bonds. The highest BCUT2D eigenvalue weighted by Gasteiger charge is 2.39. The third kappa shape index (κ3) is 2.86. The second-order valence-corrected chi connectivity index (χ2v) is 8.14. The van der Waals surface area contributed by atoms with Crippen LogP contribution in [0, 0.1) is 13.8 Å². The van der Waals surface area contributed by atoms with E-state index in [-0.39, 0.29) is 6.61 Å². The predicted molar refractivity (Wildman–Crippen MR) is 112 cm³/mol. The monoisotopic (exact) mass is 409 g/mol. The average Bonchev–Trinajstić information content (AvgIpc) is 3.11. The minimum Gasteiger partial charge on any atom is -0.462 e. The Balaban J connectivity index is 1.63. The molecule has 7 heteroatoms. The first-order valence-electron chi connectivity index (χ1n) is 10.0. The summed E-state index contributed by atoms with van der Waals surface area (Å²) < 4.78 is 13.3. The van der Waals surface area contributed by atoms with Crippen LogP contribution in [0.1, 0.15) is 11.1 Å². The van der Waals surface area contributed by atoms with Gasteiger partial charge in [-0.2, -0.15) is 0 Å². The number of fused-ring (bicyclic) bond motifs is 4. The van der Waals surface area contributed by atoms with Crippen LogP contribution >= 0.6 is 0 Å². The zero-order valence-corrected chi connectivity index (χ0v) is 17.1. The smallest absolute Gasteiger partial charge is 0.228 e. The molecule has 7 nitrogen and oxygen atoms in total. The molecule has 1 aliphatic rings. The van der Waals surface area contributed by atoms with Crippen molar-refractivity contribution in [2.75, 3.05) is 6.61 Å². The van der Waals surface area contributed by atoms with E-state index in [1.165, 1.54) is 21.9 Å². The lowest BCUT2D eigenvalue weighted by atomic mass is 9.97. The van der Waals surface area contributed by atoms with Gasteiger partial charge in [-0.15, -0.1) is 0 Å². The number of hydrogen-bond donors (Lipinski definition) is 4. The van der Waals surface area contributed by atoms with Crippen LogP contribution in [-0.4, -0.2) is 51.5 Å². The van der Waals surface area contributed by atoms with Gasteiger partial charge in [-0.25, -0.2) is 4.57 Å². The zero-order chi connectivity index (χ0) is 21.2. The molecule has 0 saturated carbocycles. The zero-order valence-electron chi connectivity index (χ0n) is 17.1. The number of nitrogens with one attached hydrogen (secondary N) is 1. The van der Waals surface area contributed by atoms with Crippen LogP contribution in [0.25, 0.3) is 32.6 Å². The maximum absolute atomic E-state index is 10.2. The summed E-state index contributed by atoms with van der Waals surface area (Å²) in [6, 6.07) is 7.80. The number of hydrogen-bond acceptors (Lipinski definition) is 5. The van der Waals surface area contributed by atoms with E-state index in [0.29, 0.717) is 5.75 Å². The number of rotatable bonds is 2. The Morgan fingerprint density at radius 1 is 1.03 bits per heavy atom. The third-order valence-corrected chi connectivity index (χ3v) is 6.13. The number of aromatic nitrogens is 2. The highest BCUT2D eigenvalue weighted by molar-refractivity contribution is 6.16. The normalized spacial score (nSPS) is 24.7. The van der Waals surface area contributed by atoms with Gasteiger partial charge in [0, 0.05) is 27.7 Å². The summed E-state index contributed by atoms with van der Waals surface area (Å²) in [6.45, 7) is 4.14. The fourth-order valence-electron chi connectivity index (χ4n) is 4.43. The van der Waals surface area contributed by atoms with Gasteiger partial charge in [0.25, 0.3) is 0 Å². The van der Waals surface area contributed by atoms with E-state index >= 15 is 0 Å². The molecule has 0 spiro atoms. The van der Waals surface area contributed by atoms with Crippen LogP contribution in [0.3, 0.4) is 0 Å². The van der Waals surface area contributed by atoms with E-state index < -0.39 is 24.6 Å². The summed E-state index contributed by atoms with van der Waals surface area (Å²) in [5, 5.41) is 34.3. The fraction of sp³-hybridized carbons (Fsp3) is 0.348. The number of nitrogens with zero attached hydrogens (tertiary/aromatic N) is 1. The Labute approximate surface area is 173 Å². The van der Waals surface area contributed by atoms with Gasteiger partial charge in [-0.3, -0.25) is 0 Å². The van der Waals surface area contributed by atoms with E-state index in [9.17, 15) is 15.3 Å². The van der Waals surface area contributed by atoms with Gasteiger partial charge >= 0.3 is 0 Å². The van der Waals surface area contributed by atoms with Gasteiger partial charge in [0.05, 0.1) is 12.1 Å². The molecule has 0 aliphatic carbocycles. The van der Waals surface area contributed by atoms with Crippen LogP contribution in [-0.2, 0) is 11.8 Å². The molecule has 156 valence electrons. The number of aryl methyl sites for hydroxylation is 3. The van der Waals surface area contributed by atoms with Crippen LogP contribution in [0.2, 0.25) is 0 Å². The maximum atomic E-state index is 10.2. The van der Waals surface area contributed by atoms with E-state index in [2.05, 4.69) is 37.3 Å². The van der Waals surface area contributed by atoms with Gasteiger partial charge < -0.3 is 29.8 Å². The van der Waals surface area contributed by atoms with Crippen molar-refractivity contribution < 1.29 is 29.4 Å². The molecule has 2 aromatic heterocycles. The predicted octanol–water partition coefficient (Wildman–Crippen LogP) is 1.73. The highest BCUT2D eigenvalue weighted by atomic mass is 16.7. The Hall–Kier alpha value is -2.71. The topological polar surface area (TPSA) is 98.8 Å². The minimum absolute atomic E-state index is 0.0977. The number of pyridine rings is 1. The minimum atomic E-state index is -1.33. The first-order valence-corrected chi connectivity index (χ1v) is 10.0. The summed E-state index contributed by atoms with van der Waals surface area (Å²) in [7, 11) is 2.01. The van der Waals surface area contributed by atoms with E-state index in [1.54, 1.807) is 6.07 Å². The standard InChI is InChI=1S/C23H24N2O5/c1-11-16-9-25(3)7-6-14(16)12(2)20-19(11)15-8-13(4-5-17(15)24-20)30-23-22(28)21(27)18(26)10-29-23/h4-9,18,21-23,26-28H,10H2,1-3H3/p+1/t18-,21-,22+,23-/m0/s1. The molecule has 1 aliphatic heterocycles. The number of H-pyrrole nitrogens is 1. The molecule has 0 bridgehead atoms. The molecule has 30 heavy (non-hydrogen) atoms. The number of benzene rings is 2. The van der Waals surface area contributed by atoms with Crippen molar-refractivity contribution in [1.82, 2.24) is 4.98 Å². The van der Waals surface area contributed by atoms with Crippen molar-refractivity contribution in [3.05, 3.63) is 47.8 Å². The van der Waals surface area contributed by atoms with Crippen molar-refractivity contribution in [1.29, 1.82) is 0 Å². The molecule has 4 aromatic rings. The Bertz CT molecular complexity index is 1280. The van der Waals surface area contributed by atoms with E-state index in [0.717, 1.165) is 21.8 Å². The molecule has 1 fully saturated rings. The quantitative estimate of drug-likeness (QED) is 0.378. The van der Waals surface area contributed by atoms with Crippen LogP contribution in [0.4, 0.5) is 0 Å². The Kier molecular flexibility index (Phi) is 4.44. The second-order valence-electron chi connectivity index (χ2n) is 8.14. The average molecular weight is 409 g/mol. The van der Waals surface area contributed by atoms with Gasteiger partial charge in [0.2, 0.25) is 6.29 Å². The molecule has 5 rings (SSSR count). The van der Waals surface area contributed by atoms with Gasteiger partial charge in [0.15, 0.2) is 12.4 Å². The van der Waals surface area contributed by atoms with E-state index in [4.69, 9.17) is 9.47 Å². The molecule has 4 atom stereocenters. The molecule has 0 radical (unpaired) electrons. The number of ether oxygens (including phenoxy) is 2. The van der Waals surface area contributed by atoms with Gasteiger partial charge in [0.1, 0.15) is 31.1 Å². The van der Waals surface area contributed by atoms with E-state index in [1.807, 2.05) is 23.7 Å². The first-order chi connectivity index (χ1) is 14.3. The largest absolute Gasteiger partial charge is 0.462 e. The van der Waals surface area contributed by atoms with Crippen LogP contribution in [0.5, 0.6) is 5.75 Å². The molecule has 1 saturated heterocycles. The first kappa shape index (κ1) is 19.3. The van der Waals surface area contributed by atoms with Crippen molar-refractivity contribution in [3.8, 4) is 5.75 Å².